The summed E-state index contributed by atoms with van der Waals surface area (Å²) in [5.74, 6) is -1.10. The summed E-state index contributed by atoms with van der Waals surface area (Å²) in [6.45, 7) is 7.76. The van der Waals surface area contributed by atoms with Gasteiger partial charge in [-0.1, -0.05) is 17.8 Å². The second kappa shape index (κ2) is 11.1. The number of carbonyl (C=O) groups excluding carboxylic acids is 3. The standard InChI is InChI=1S/C22H25N3O6S/c1-3-7-25-21(29)17-6-5-15(20(28)24-8-10-30-11-9-24)12-18(17)23-22(25)32-14-16(26)13-19(27)31-4-2/h3,5-6,12H,1,4,7-11,13-14H2,2H3. The van der Waals surface area contributed by atoms with Crippen molar-refractivity contribution >= 4 is 40.3 Å². The number of benzene rings is 1. The predicted molar refractivity (Wildman–Crippen MR) is 120 cm³/mol. The molecule has 0 bridgehead atoms. The molecule has 0 spiro atoms. The monoisotopic (exact) mass is 459 g/mol. The highest BCUT2D eigenvalue weighted by molar-refractivity contribution is 7.99. The van der Waals surface area contributed by atoms with E-state index in [9.17, 15) is 19.2 Å². The second-order valence-electron chi connectivity index (χ2n) is 7.04. The minimum Gasteiger partial charge on any atom is -0.466 e. The van der Waals surface area contributed by atoms with Gasteiger partial charge in [-0.25, -0.2) is 4.98 Å². The molecule has 0 N–H and O–H groups in total. The minimum atomic E-state index is -0.584. The maximum atomic E-state index is 13.0. The van der Waals surface area contributed by atoms with Gasteiger partial charge in [-0.3, -0.25) is 23.7 Å². The molecule has 1 aromatic heterocycles. The number of amides is 1. The van der Waals surface area contributed by atoms with Crippen LogP contribution < -0.4 is 5.56 Å². The van der Waals surface area contributed by atoms with Gasteiger partial charge < -0.3 is 14.4 Å². The van der Waals surface area contributed by atoms with Gasteiger partial charge >= 0.3 is 5.97 Å². The van der Waals surface area contributed by atoms with Gasteiger partial charge in [-0.15, -0.1) is 6.58 Å². The molecule has 1 aromatic carbocycles. The molecule has 32 heavy (non-hydrogen) atoms. The molecule has 0 atom stereocenters. The number of aromatic nitrogens is 2. The molecule has 0 radical (unpaired) electrons. The third kappa shape index (κ3) is 5.63. The third-order valence-corrected chi connectivity index (χ3v) is 5.82. The fourth-order valence-electron chi connectivity index (χ4n) is 3.25. The molecule has 2 aromatic rings. The third-order valence-electron chi connectivity index (χ3n) is 4.79. The zero-order valence-corrected chi connectivity index (χ0v) is 18.7. The molecular weight excluding hydrogens is 434 g/mol. The van der Waals surface area contributed by atoms with Gasteiger partial charge in [0.15, 0.2) is 10.9 Å². The van der Waals surface area contributed by atoms with Crippen LogP contribution in [0.2, 0.25) is 0 Å². The first kappa shape index (κ1) is 23.7. The lowest BCUT2D eigenvalue weighted by Crippen LogP contribution is -2.40. The first-order chi connectivity index (χ1) is 15.4. The van der Waals surface area contributed by atoms with Crippen LogP contribution in [0.4, 0.5) is 0 Å². The summed E-state index contributed by atoms with van der Waals surface area (Å²) >= 11 is 1.06. The molecule has 1 aliphatic heterocycles. The summed E-state index contributed by atoms with van der Waals surface area (Å²) in [5, 5.41) is 0.683. The van der Waals surface area contributed by atoms with Gasteiger partial charge in [0.1, 0.15) is 6.42 Å². The van der Waals surface area contributed by atoms with Crippen molar-refractivity contribution in [2.24, 2.45) is 0 Å². The van der Waals surface area contributed by atoms with E-state index in [4.69, 9.17) is 9.47 Å². The molecule has 170 valence electrons. The average molecular weight is 460 g/mol. The van der Waals surface area contributed by atoms with Gasteiger partial charge in [0.05, 0.1) is 36.5 Å². The van der Waals surface area contributed by atoms with Crippen LogP contribution in [-0.4, -0.2) is 70.8 Å². The van der Waals surface area contributed by atoms with Gasteiger partial charge in [0.2, 0.25) is 0 Å². The first-order valence-electron chi connectivity index (χ1n) is 10.3. The van der Waals surface area contributed by atoms with Gasteiger partial charge in [0.25, 0.3) is 11.5 Å². The van der Waals surface area contributed by atoms with Crippen LogP contribution in [-0.2, 0) is 25.6 Å². The molecular formula is C22H25N3O6S. The van der Waals surface area contributed by atoms with Crippen LogP contribution in [0.1, 0.15) is 23.7 Å². The van der Waals surface area contributed by atoms with Crippen molar-refractivity contribution in [3.8, 4) is 0 Å². The van der Waals surface area contributed by atoms with Crippen molar-refractivity contribution < 1.29 is 23.9 Å². The molecule has 3 rings (SSSR count). The summed E-state index contributed by atoms with van der Waals surface area (Å²) in [6, 6.07) is 4.81. The van der Waals surface area contributed by atoms with Crippen LogP contribution in [0.15, 0.2) is 40.8 Å². The highest BCUT2D eigenvalue weighted by Gasteiger charge is 2.20. The number of hydrogen-bond acceptors (Lipinski definition) is 8. The van der Waals surface area contributed by atoms with Crippen LogP contribution in [0.25, 0.3) is 10.9 Å². The summed E-state index contributed by atoms with van der Waals surface area (Å²) < 4.78 is 11.5. The summed E-state index contributed by atoms with van der Waals surface area (Å²) in [4.78, 5) is 55.7. The number of allylic oxidation sites excluding steroid dienone is 1. The van der Waals surface area contributed by atoms with Gasteiger partial charge in [-0.2, -0.15) is 0 Å². The Hall–Kier alpha value is -2.98. The molecule has 9 nitrogen and oxygen atoms in total. The van der Waals surface area contributed by atoms with Gasteiger partial charge in [0, 0.05) is 25.2 Å². The maximum Gasteiger partial charge on any atom is 0.313 e. The Bertz CT molecular complexity index is 1090. The summed E-state index contributed by atoms with van der Waals surface area (Å²) in [7, 11) is 0. The van der Waals surface area contributed by atoms with E-state index < -0.39 is 5.97 Å². The SMILES string of the molecule is C=CCn1c(SCC(=O)CC(=O)OCC)nc2cc(C(=O)N3CCOCC3)ccc2c1=O. The van der Waals surface area contributed by atoms with Gasteiger partial charge in [-0.05, 0) is 25.1 Å². The van der Waals surface area contributed by atoms with Crippen LogP contribution in [0.5, 0.6) is 0 Å². The quantitative estimate of drug-likeness (QED) is 0.183. The van der Waals surface area contributed by atoms with E-state index in [1.807, 2.05) is 0 Å². The van der Waals surface area contributed by atoms with Crippen LogP contribution in [0.3, 0.4) is 0 Å². The zero-order chi connectivity index (χ0) is 23.1. The van der Waals surface area contributed by atoms with Crippen molar-refractivity contribution in [3.05, 3.63) is 46.8 Å². The Morgan fingerprint density at radius 1 is 1.28 bits per heavy atom. The van der Waals surface area contributed by atoms with E-state index in [0.717, 1.165) is 11.8 Å². The number of nitrogens with zero attached hydrogens (tertiary/aromatic N) is 3. The van der Waals surface area contributed by atoms with E-state index in [0.29, 0.717) is 47.9 Å². The molecule has 0 unspecified atom stereocenters. The Morgan fingerprint density at radius 2 is 2.03 bits per heavy atom. The summed E-state index contributed by atoms with van der Waals surface area (Å²) in [5.41, 5.74) is 0.512. The van der Waals surface area contributed by atoms with Crippen molar-refractivity contribution in [1.29, 1.82) is 0 Å². The normalized spacial score (nSPS) is 13.7. The van der Waals surface area contributed by atoms with Crippen molar-refractivity contribution in [1.82, 2.24) is 14.5 Å². The Morgan fingerprint density at radius 3 is 2.72 bits per heavy atom. The Kier molecular flexibility index (Phi) is 8.18. The van der Waals surface area contributed by atoms with Crippen LogP contribution in [0, 0.1) is 0 Å². The van der Waals surface area contributed by atoms with Crippen molar-refractivity contribution in [3.63, 3.8) is 0 Å². The predicted octanol–water partition coefficient (Wildman–Crippen LogP) is 1.67. The number of rotatable bonds is 9. The number of fused-ring (bicyclic) bond motifs is 1. The second-order valence-corrected chi connectivity index (χ2v) is 7.99. The summed E-state index contributed by atoms with van der Waals surface area (Å²) in [6.07, 6.45) is 1.23. The molecule has 2 heterocycles. The van der Waals surface area contributed by atoms with E-state index in [1.165, 1.54) is 4.57 Å². The maximum absolute atomic E-state index is 13.0. The number of ketones is 1. The highest BCUT2D eigenvalue weighted by atomic mass is 32.2. The molecule has 10 heteroatoms. The topological polar surface area (TPSA) is 108 Å². The number of carbonyl (C=O) groups is 3. The first-order valence-corrected chi connectivity index (χ1v) is 11.3. The molecule has 0 aliphatic carbocycles. The number of Topliss-reactive ketones (excluding diaryl/α,β-unsaturated/α-hetero) is 1. The lowest BCUT2D eigenvalue weighted by atomic mass is 10.1. The highest BCUT2D eigenvalue weighted by Crippen LogP contribution is 2.20. The van der Waals surface area contributed by atoms with E-state index in [2.05, 4.69) is 11.6 Å². The number of esters is 1. The molecule has 1 aliphatic rings. The molecule has 1 saturated heterocycles. The Labute approximate surface area is 189 Å². The lowest BCUT2D eigenvalue weighted by molar-refractivity contribution is -0.145. The minimum absolute atomic E-state index is 0.0414. The molecule has 1 fully saturated rings. The number of ether oxygens (including phenoxy) is 2. The van der Waals surface area contributed by atoms with E-state index in [-0.39, 0.29) is 42.6 Å². The van der Waals surface area contributed by atoms with E-state index in [1.54, 1.807) is 36.1 Å². The van der Waals surface area contributed by atoms with E-state index >= 15 is 0 Å². The number of thioether (sulfide) groups is 1. The molecule has 1 amide bonds. The largest absolute Gasteiger partial charge is 0.466 e. The molecule has 0 saturated carbocycles. The van der Waals surface area contributed by atoms with Crippen molar-refractivity contribution in [2.45, 2.75) is 25.0 Å². The number of hydrogen-bond donors (Lipinski definition) is 0. The Balaban J connectivity index is 1.88. The fourth-order valence-corrected chi connectivity index (χ4v) is 4.12. The van der Waals surface area contributed by atoms with Crippen molar-refractivity contribution in [2.75, 3.05) is 38.7 Å². The smallest absolute Gasteiger partial charge is 0.313 e. The number of morpholine rings is 1. The lowest BCUT2D eigenvalue weighted by Gasteiger charge is -2.26. The van der Waals surface area contributed by atoms with Crippen LogP contribution >= 0.6 is 11.8 Å². The zero-order valence-electron chi connectivity index (χ0n) is 17.9. The average Bonchev–Trinajstić information content (AvgIpc) is 2.79. The fraction of sp³-hybridized carbons (Fsp3) is 0.409.